The number of rotatable bonds is 9. The Morgan fingerprint density at radius 1 is 1.12 bits per heavy atom. The van der Waals surface area contributed by atoms with E-state index in [2.05, 4.69) is 10.3 Å². The second-order valence-electron chi connectivity index (χ2n) is 7.83. The molecule has 2 aromatic carbocycles. The van der Waals surface area contributed by atoms with Crippen molar-refractivity contribution in [1.29, 1.82) is 0 Å². The van der Waals surface area contributed by atoms with Gasteiger partial charge in [-0.2, -0.15) is 0 Å². The van der Waals surface area contributed by atoms with E-state index >= 15 is 0 Å². The van der Waals surface area contributed by atoms with E-state index in [-0.39, 0.29) is 24.4 Å². The second-order valence-corrected chi connectivity index (χ2v) is 7.83. The van der Waals surface area contributed by atoms with Crippen LogP contribution in [0.1, 0.15) is 6.42 Å². The topological polar surface area (TPSA) is 103 Å². The van der Waals surface area contributed by atoms with Crippen molar-refractivity contribution in [3.05, 3.63) is 69.6 Å². The number of fused-ring (bicyclic) bond motifs is 2. The van der Waals surface area contributed by atoms with E-state index in [1.807, 2.05) is 42.5 Å². The summed E-state index contributed by atoms with van der Waals surface area (Å²) in [5, 5.41) is 15.5. The maximum atomic E-state index is 12.7. The van der Waals surface area contributed by atoms with Crippen molar-refractivity contribution in [1.82, 2.24) is 24.0 Å². The van der Waals surface area contributed by atoms with Gasteiger partial charge in [-0.1, -0.05) is 36.4 Å². The summed E-state index contributed by atoms with van der Waals surface area (Å²) in [6.45, 7) is 1.34. The lowest BCUT2D eigenvalue weighted by molar-refractivity contribution is 0.107. The summed E-state index contributed by atoms with van der Waals surface area (Å²) in [5.74, 6) is 0.739. The standard InChI is InChI=1S/C23H27N5O4/c1-26-15-25-21-20(26)22(30)28(23(31)27(21)2)12-6-11-24-13-17(29)14-32-19-10-5-8-16-7-3-4-9-18(16)19/h3-5,7-10,15,17,24,29H,6,11-14H2,1-2H3. The quantitative estimate of drug-likeness (QED) is 0.379. The fourth-order valence-corrected chi connectivity index (χ4v) is 3.79. The van der Waals surface area contributed by atoms with E-state index in [4.69, 9.17) is 4.74 Å². The highest BCUT2D eigenvalue weighted by Gasteiger charge is 2.14. The maximum absolute atomic E-state index is 12.7. The number of aliphatic hydroxyl groups excluding tert-OH is 1. The van der Waals surface area contributed by atoms with E-state index in [1.54, 1.807) is 18.7 Å². The molecule has 2 heterocycles. The predicted molar refractivity (Wildman–Crippen MR) is 123 cm³/mol. The van der Waals surface area contributed by atoms with Crippen LogP contribution in [0.5, 0.6) is 5.75 Å². The van der Waals surface area contributed by atoms with E-state index in [0.29, 0.717) is 30.7 Å². The zero-order chi connectivity index (χ0) is 22.7. The summed E-state index contributed by atoms with van der Waals surface area (Å²) in [6.07, 6.45) is 1.41. The molecule has 9 nitrogen and oxygen atoms in total. The average molecular weight is 438 g/mol. The highest BCUT2D eigenvalue weighted by molar-refractivity contribution is 5.88. The number of nitrogens with zero attached hydrogens (tertiary/aromatic N) is 4. The number of aryl methyl sites for hydroxylation is 2. The Kier molecular flexibility index (Phi) is 6.38. The Bertz CT molecular complexity index is 1350. The van der Waals surface area contributed by atoms with Gasteiger partial charge in [-0.25, -0.2) is 9.78 Å². The zero-order valence-electron chi connectivity index (χ0n) is 18.2. The molecule has 0 aliphatic heterocycles. The van der Waals surface area contributed by atoms with Crippen molar-refractivity contribution in [3.63, 3.8) is 0 Å². The maximum Gasteiger partial charge on any atom is 0.332 e. The Hall–Kier alpha value is -3.43. The van der Waals surface area contributed by atoms with Crippen LogP contribution >= 0.6 is 0 Å². The molecule has 4 aromatic rings. The third-order valence-corrected chi connectivity index (χ3v) is 5.50. The van der Waals surface area contributed by atoms with E-state index in [9.17, 15) is 14.7 Å². The van der Waals surface area contributed by atoms with Crippen molar-refractivity contribution >= 4 is 21.9 Å². The normalized spacial score (nSPS) is 12.5. The first kappa shape index (κ1) is 21.8. The van der Waals surface area contributed by atoms with Crippen LogP contribution in [-0.2, 0) is 20.6 Å². The van der Waals surface area contributed by atoms with Crippen LogP contribution < -0.4 is 21.3 Å². The molecule has 0 amide bonds. The number of imidazole rings is 1. The number of aromatic nitrogens is 4. The van der Waals surface area contributed by atoms with Crippen LogP contribution in [0.2, 0.25) is 0 Å². The van der Waals surface area contributed by atoms with Crippen LogP contribution in [-0.4, -0.2) is 49.6 Å². The lowest BCUT2D eigenvalue weighted by Crippen LogP contribution is -2.40. The van der Waals surface area contributed by atoms with Gasteiger partial charge in [0.05, 0.1) is 6.33 Å². The summed E-state index contributed by atoms with van der Waals surface area (Å²) in [7, 11) is 3.34. The molecule has 4 rings (SSSR count). The van der Waals surface area contributed by atoms with Gasteiger partial charge >= 0.3 is 5.69 Å². The van der Waals surface area contributed by atoms with Crippen molar-refractivity contribution in [2.45, 2.75) is 19.1 Å². The number of benzene rings is 2. The Labute approximate surface area is 184 Å². The summed E-state index contributed by atoms with van der Waals surface area (Å²) >= 11 is 0. The molecular formula is C23H27N5O4. The van der Waals surface area contributed by atoms with Gasteiger partial charge in [0.2, 0.25) is 0 Å². The lowest BCUT2D eigenvalue weighted by Gasteiger charge is -2.15. The van der Waals surface area contributed by atoms with Crippen LogP contribution in [0, 0.1) is 0 Å². The Morgan fingerprint density at radius 3 is 2.75 bits per heavy atom. The third-order valence-electron chi connectivity index (χ3n) is 5.50. The van der Waals surface area contributed by atoms with Gasteiger partial charge in [0.15, 0.2) is 11.2 Å². The fraction of sp³-hybridized carbons (Fsp3) is 0.348. The number of ether oxygens (including phenoxy) is 1. The molecule has 0 fully saturated rings. The molecule has 0 aliphatic rings. The smallest absolute Gasteiger partial charge is 0.332 e. The summed E-state index contributed by atoms with van der Waals surface area (Å²) in [6, 6.07) is 13.8. The Balaban J connectivity index is 1.27. The summed E-state index contributed by atoms with van der Waals surface area (Å²) in [5.41, 5.74) is 0.0589. The predicted octanol–water partition coefficient (Wildman–Crippen LogP) is 1.01. The van der Waals surface area contributed by atoms with Crippen molar-refractivity contribution in [3.8, 4) is 5.75 Å². The van der Waals surface area contributed by atoms with Gasteiger partial charge in [-0.05, 0) is 24.4 Å². The highest BCUT2D eigenvalue weighted by atomic mass is 16.5. The minimum atomic E-state index is -0.685. The fourth-order valence-electron chi connectivity index (χ4n) is 3.79. The van der Waals surface area contributed by atoms with Crippen molar-refractivity contribution < 1.29 is 9.84 Å². The number of hydrogen-bond acceptors (Lipinski definition) is 6. The van der Waals surface area contributed by atoms with Gasteiger partial charge in [-0.3, -0.25) is 13.9 Å². The lowest BCUT2D eigenvalue weighted by atomic mass is 10.1. The molecule has 0 bridgehead atoms. The molecule has 0 saturated carbocycles. The molecule has 0 saturated heterocycles. The molecule has 9 heteroatoms. The monoisotopic (exact) mass is 437 g/mol. The summed E-state index contributed by atoms with van der Waals surface area (Å²) < 4.78 is 10.0. The van der Waals surface area contributed by atoms with E-state index < -0.39 is 6.10 Å². The van der Waals surface area contributed by atoms with Crippen molar-refractivity contribution in [2.75, 3.05) is 19.7 Å². The molecule has 1 atom stereocenters. The highest BCUT2D eigenvalue weighted by Crippen LogP contribution is 2.25. The average Bonchev–Trinajstić information content (AvgIpc) is 3.19. The van der Waals surface area contributed by atoms with Gasteiger partial charge in [0, 0.05) is 32.6 Å². The minimum Gasteiger partial charge on any atom is -0.490 e. The minimum absolute atomic E-state index is 0.165. The number of nitrogens with one attached hydrogen (secondary N) is 1. The number of hydrogen-bond donors (Lipinski definition) is 2. The van der Waals surface area contributed by atoms with Gasteiger partial charge in [0.1, 0.15) is 18.5 Å². The van der Waals surface area contributed by atoms with Crippen molar-refractivity contribution in [2.24, 2.45) is 14.1 Å². The molecule has 168 valence electrons. The first-order valence-corrected chi connectivity index (χ1v) is 10.6. The van der Waals surface area contributed by atoms with Gasteiger partial charge < -0.3 is 19.7 Å². The van der Waals surface area contributed by atoms with E-state index in [1.165, 1.54) is 15.5 Å². The molecule has 0 radical (unpaired) electrons. The molecule has 0 aliphatic carbocycles. The molecule has 32 heavy (non-hydrogen) atoms. The molecular weight excluding hydrogens is 410 g/mol. The van der Waals surface area contributed by atoms with Crippen LogP contribution in [0.3, 0.4) is 0 Å². The first-order valence-electron chi connectivity index (χ1n) is 10.6. The number of aliphatic hydroxyl groups is 1. The van der Waals surface area contributed by atoms with Crippen LogP contribution in [0.15, 0.2) is 58.4 Å². The van der Waals surface area contributed by atoms with Crippen LogP contribution in [0.4, 0.5) is 0 Å². The van der Waals surface area contributed by atoms with Gasteiger partial charge in [0.25, 0.3) is 5.56 Å². The van der Waals surface area contributed by atoms with Crippen LogP contribution in [0.25, 0.3) is 21.9 Å². The first-order chi connectivity index (χ1) is 15.5. The molecule has 2 N–H and O–H groups in total. The molecule has 1 unspecified atom stereocenters. The Morgan fingerprint density at radius 2 is 1.91 bits per heavy atom. The largest absolute Gasteiger partial charge is 0.490 e. The van der Waals surface area contributed by atoms with Gasteiger partial charge in [-0.15, -0.1) is 0 Å². The second kappa shape index (κ2) is 9.37. The molecule has 2 aromatic heterocycles. The third kappa shape index (κ3) is 4.30. The molecule has 0 spiro atoms. The van der Waals surface area contributed by atoms with E-state index in [0.717, 1.165) is 16.5 Å². The summed E-state index contributed by atoms with van der Waals surface area (Å²) in [4.78, 5) is 29.3. The SMILES string of the molecule is Cn1cnc2c1c(=O)n(CCCNCC(O)COc1cccc3ccccc13)c(=O)n2C. The zero-order valence-corrected chi connectivity index (χ0v) is 18.2.